The number of benzene rings is 2. The predicted octanol–water partition coefficient (Wildman–Crippen LogP) is 2.18. The number of rotatable bonds is 6. The van der Waals surface area contributed by atoms with Crippen molar-refractivity contribution in [1.29, 1.82) is 0 Å². The number of halogens is 2. The zero-order valence-corrected chi connectivity index (χ0v) is 13.1. The summed E-state index contributed by atoms with van der Waals surface area (Å²) < 4.78 is 10.4. The van der Waals surface area contributed by atoms with Crippen molar-refractivity contribution in [1.82, 2.24) is 0 Å². The molecule has 4 N–H and O–H groups in total. The second-order valence-electron chi connectivity index (χ2n) is 4.34. The molecule has 23 heavy (non-hydrogen) atoms. The van der Waals surface area contributed by atoms with Crippen molar-refractivity contribution < 1.29 is 18.9 Å². The Morgan fingerprint density at radius 1 is 0.826 bits per heavy atom. The first-order valence-electron chi connectivity index (χ1n) is 6.22. The Morgan fingerprint density at radius 2 is 1.22 bits per heavy atom. The third kappa shape index (κ3) is 4.31. The third-order valence-electron chi connectivity index (χ3n) is 2.78. The van der Waals surface area contributed by atoms with Gasteiger partial charge in [0.05, 0.1) is 21.2 Å². The van der Waals surface area contributed by atoms with Gasteiger partial charge >= 0.3 is 7.69 Å². The van der Waals surface area contributed by atoms with E-state index < -0.39 is 11.8 Å². The molecule has 0 aromatic heterocycles. The van der Waals surface area contributed by atoms with Crippen LogP contribution < -0.4 is 20.8 Å². The molecule has 0 spiro atoms. The smallest absolute Gasteiger partial charge is 0.526 e. The van der Waals surface area contributed by atoms with Gasteiger partial charge < -0.3 is 20.8 Å². The van der Waals surface area contributed by atoms with Gasteiger partial charge in [-0.3, -0.25) is 9.59 Å². The van der Waals surface area contributed by atoms with E-state index >= 15 is 0 Å². The SMILES string of the molecule is NC(=O)c1ccc(O[B]Oc2ccc(C(N)=O)c(Cl)c2)cc1Cl. The lowest BCUT2D eigenvalue weighted by Crippen LogP contribution is -2.14. The summed E-state index contributed by atoms with van der Waals surface area (Å²) in [5, 5.41) is 0.328. The van der Waals surface area contributed by atoms with Crippen LogP contribution in [0.4, 0.5) is 0 Å². The fraction of sp³-hybridized carbons (Fsp3) is 0. The highest BCUT2D eigenvalue weighted by Crippen LogP contribution is 2.24. The average molecular weight is 352 g/mol. The normalized spacial score (nSPS) is 10.0. The van der Waals surface area contributed by atoms with Gasteiger partial charge in [-0.05, 0) is 36.4 Å². The van der Waals surface area contributed by atoms with E-state index in [4.69, 9.17) is 44.0 Å². The topological polar surface area (TPSA) is 105 Å². The Hall–Kier alpha value is -2.38. The van der Waals surface area contributed by atoms with Crippen LogP contribution in [0.15, 0.2) is 36.4 Å². The summed E-state index contributed by atoms with van der Waals surface area (Å²) in [6.45, 7) is 0. The van der Waals surface area contributed by atoms with Gasteiger partial charge in [-0.2, -0.15) is 0 Å². The van der Waals surface area contributed by atoms with Gasteiger partial charge in [0.2, 0.25) is 11.8 Å². The highest BCUT2D eigenvalue weighted by atomic mass is 35.5. The van der Waals surface area contributed by atoms with E-state index in [0.717, 1.165) is 7.69 Å². The summed E-state index contributed by atoms with van der Waals surface area (Å²) >= 11 is 11.8. The molecule has 0 saturated heterocycles. The van der Waals surface area contributed by atoms with Gasteiger partial charge in [-0.25, -0.2) is 0 Å². The zero-order chi connectivity index (χ0) is 17.0. The summed E-state index contributed by atoms with van der Waals surface area (Å²) in [6, 6.07) is 8.73. The van der Waals surface area contributed by atoms with Crippen molar-refractivity contribution in [2.75, 3.05) is 0 Å². The molecule has 0 unspecified atom stereocenters. The van der Waals surface area contributed by atoms with E-state index in [1.54, 1.807) is 0 Å². The van der Waals surface area contributed by atoms with Crippen LogP contribution in [0.1, 0.15) is 20.7 Å². The first-order chi connectivity index (χ1) is 10.9. The number of hydrogen-bond donors (Lipinski definition) is 2. The number of carbonyl (C=O) groups excluding carboxylic acids is 2. The van der Waals surface area contributed by atoms with Gasteiger partial charge in [0.15, 0.2) is 0 Å². The highest BCUT2D eigenvalue weighted by molar-refractivity contribution is 6.34. The molecular weight excluding hydrogens is 342 g/mol. The molecule has 2 amide bonds. The van der Waals surface area contributed by atoms with Crippen LogP contribution >= 0.6 is 23.2 Å². The fourth-order valence-electron chi connectivity index (χ4n) is 1.67. The minimum atomic E-state index is -0.633. The molecule has 0 bridgehead atoms. The van der Waals surface area contributed by atoms with E-state index in [-0.39, 0.29) is 21.2 Å². The molecular formula is C14H10BCl2N2O4. The molecule has 2 aromatic carbocycles. The molecule has 117 valence electrons. The highest BCUT2D eigenvalue weighted by Gasteiger charge is 2.11. The molecule has 1 radical (unpaired) electrons. The summed E-state index contributed by atoms with van der Waals surface area (Å²) in [4.78, 5) is 22.1. The van der Waals surface area contributed by atoms with Crippen LogP contribution in [0.5, 0.6) is 11.5 Å². The Balaban J connectivity index is 1.97. The number of amides is 2. The van der Waals surface area contributed by atoms with E-state index in [1.807, 2.05) is 0 Å². The van der Waals surface area contributed by atoms with Crippen molar-refractivity contribution in [3.05, 3.63) is 57.6 Å². The Labute approximate surface area is 142 Å². The summed E-state index contributed by atoms with van der Waals surface area (Å²) in [5.41, 5.74) is 10.7. The first-order valence-corrected chi connectivity index (χ1v) is 6.98. The second-order valence-corrected chi connectivity index (χ2v) is 5.16. The molecule has 0 aliphatic carbocycles. The lowest BCUT2D eigenvalue weighted by Gasteiger charge is -2.09. The molecule has 0 aliphatic heterocycles. The average Bonchev–Trinajstić information content (AvgIpc) is 2.46. The summed E-state index contributed by atoms with van der Waals surface area (Å²) in [5.74, 6) is -0.573. The van der Waals surface area contributed by atoms with Crippen LogP contribution in [0.2, 0.25) is 10.0 Å². The Kier molecular flexibility index (Phi) is 5.36. The van der Waals surface area contributed by atoms with Gasteiger partial charge in [-0.1, -0.05) is 23.2 Å². The maximum Gasteiger partial charge on any atom is 0.658 e. The minimum absolute atomic E-state index is 0.164. The van der Waals surface area contributed by atoms with Crippen molar-refractivity contribution in [3.8, 4) is 11.5 Å². The zero-order valence-electron chi connectivity index (χ0n) is 11.6. The summed E-state index contributed by atoms with van der Waals surface area (Å²) in [6.07, 6.45) is 0. The number of carbonyl (C=O) groups is 2. The minimum Gasteiger partial charge on any atom is -0.526 e. The van der Waals surface area contributed by atoms with Crippen LogP contribution in [0, 0.1) is 0 Å². The predicted molar refractivity (Wildman–Crippen MR) is 86.9 cm³/mol. The van der Waals surface area contributed by atoms with Crippen molar-refractivity contribution in [3.63, 3.8) is 0 Å². The molecule has 2 rings (SSSR count). The molecule has 2 aromatic rings. The van der Waals surface area contributed by atoms with Gasteiger partial charge in [0, 0.05) is 0 Å². The molecule has 0 fully saturated rings. The number of hydrogen-bond acceptors (Lipinski definition) is 4. The molecule has 0 atom stereocenters. The maximum atomic E-state index is 11.1. The molecule has 0 aliphatic rings. The Morgan fingerprint density at radius 3 is 1.52 bits per heavy atom. The lowest BCUT2D eigenvalue weighted by molar-refractivity contribution is 0.0992. The molecule has 9 heteroatoms. The van der Waals surface area contributed by atoms with Gasteiger partial charge in [0.25, 0.3) is 0 Å². The van der Waals surface area contributed by atoms with Gasteiger partial charge in [-0.15, -0.1) is 0 Å². The number of primary amides is 2. The Bertz CT molecular complexity index is 707. The van der Waals surface area contributed by atoms with Crippen LogP contribution in [-0.2, 0) is 0 Å². The van der Waals surface area contributed by atoms with Crippen LogP contribution in [0.25, 0.3) is 0 Å². The van der Waals surface area contributed by atoms with E-state index in [1.165, 1.54) is 36.4 Å². The van der Waals surface area contributed by atoms with Crippen molar-refractivity contribution in [2.24, 2.45) is 11.5 Å². The monoisotopic (exact) mass is 351 g/mol. The fourth-order valence-corrected chi connectivity index (χ4v) is 2.20. The van der Waals surface area contributed by atoms with Gasteiger partial charge in [0.1, 0.15) is 11.5 Å². The third-order valence-corrected chi connectivity index (χ3v) is 3.41. The standard InChI is InChI=1S/C14H10BCl2N2O4/c16-11-5-7(1-3-9(11)13(18)20)22-15-23-8-2-4-10(14(19)21)12(17)6-8/h1-6H,(H2,18,20)(H2,19,21). The molecule has 6 nitrogen and oxygen atoms in total. The van der Waals surface area contributed by atoms with Crippen LogP contribution in [-0.4, -0.2) is 19.5 Å². The maximum absolute atomic E-state index is 11.1. The molecule has 0 heterocycles. The largest absolute Gasteiger partial charge is 0.658 e. The van der Waals surface area contributed by atoms with E-state index in [0.29, 0.717) is 11.5 Å². The van der Waals surface area contributed by atoms with E-state index in [9.17, 15) is 9.59 Å². The number of nitrogens with two attached hydrogens (primary N) is 2. The quantitative estimate of drug-likeness (QED) is 0.778. The van der Waals surface area contributed by atoms with Crippen LogP contribution in [0.3, 0.4) is 0 Å². The second kappa shape index (κ2) is 7.26. The van der Waals surface area contributed by atoms with Crippen molar-refractivity contribution in [2.45, 2.75) is 0 Å². The molecule has 0 saturated carbocycles. The lowest BCUT2D eigenvalue weighted by atomic mass is 10.2. The summed E-state index contributed by atoms with van der Waals surface area (Å²) in [7, 11) is 1.05. The first kappa shape index (κ1) is 17.0. The van der Waals surface area contributed by atoms with Crippen molar-refractivity contribution >= 4 is 42.7 Å². The van der Waals surface area contributed by atoms with E-state index in [2.05, 4.69) is 0 Å².